The first-order valence-electron chi connectivity index (χ1n) is 7.92. The van der Waals surface area contributed by atoms with E-state index >= 15 is 0 Å². The number of rotatable bonds is 7. The Morgan fingerprint density at radius 3 is 2.87 bits per heavy atom. The van der Waals surface area contributed by atoms with Crippen molar-refractivity contribution >= 4 is 11.9 Å². The first-order valence-corrected chi connectivity index (χ1v) is 7.92. The van der Waals surface area contributed by atoms with Crippen LogP contribution in [-0.4, -0.2) is 42.8 Å². The van der Waals surface area contributed by atoms with Gasteiger partial charge in [-0.3, -0.25) is 4.79 Å². The van der Waals surface area contributed by atoms with Crippen LogP contribution in [0.1, 0.15) is 25.3 Å². The molecule has 0 spiro atoms. The number of benzene rings is 1. The van der Waals surface area contributed by atoms with E-state index in [0.717, 1.165) is 24.8 Å². The molecule has 0 saturated carbocycles. The van der Waals surface area contributed by atoms with Crippen LogP contribution >= 0.6 is 0 Å². The van der Waals surface area contributed by atoms with Gasteiger partial charge < -0.3 is 19.9 Å². The molecule has 0 aromatic heterocycles. The Bertz CT molecular complexity index is 540. The van der Waals surface area contributed by atoms with E-state index in [0.29, 0.717) is 19.0 Å². The zero-order chi connectivity index (χ0) is 16.7. The molecular weight excluding hydrogens is 298 g/mol. The molecule has 6 nitrogen and oxygen atoms in total. The van der Waals surface area contributed by atoms with Crippen molar-refractivity contribution in [1.29, 1.82) is 0 Å². The van der Waals surface area contributed by atoms with Gasteiger partial charge in [0.25, 0.3) is 5.91 Å². The summed E-state index contributed by atoms with van der Waals surface area (Å²) in [4.78, 5) is 23.4. The van der Waals surface area contributed by atoms with Crippen molar-refractivity contribution in [3.8, 4) is 5.75 Å². The van der Waals surface area contributed by atoms with Crippen LogP contribution in [0.2, 0.25) is 0 Å². The van der Waals surface area contributed by atoms with Gasteiger partial charge in [0.1, 0.15) is 11.8 Å². The normalized spacial score (nSPS) is 18.9. The molecule has 2 unspecified atom stereocenters. The van der Waals surface area contributed by atoms with Gasteiger partial charge in [0.15, 0.2) is 6.61 Å². The number of ether oxygens (including phenoxy) is 2. The summed E-state index contributed by atoms with van der Waals surface area (Å²) in [6, 6.07) is 6.55. The molecule has 1 aliphatic heterocycles. The van der Waals surface area contributed by atoms with Crippen LogP contribution in [0.5, 0.6) is 5.75 Å². The lowest BCUT2D eigenvalue weighted by Crippen LogP contribution is -2.49. The summed E-state index contributed by atoms with van der Waals surface area (Å²) >= 11 is 0. The molecule has 2 rings (SSSR count). The van der Waals surface area contributed by atoms with Gasteiger partial charge in [-0.25, -0.2) is 4.79 Å². The summed E-state index contributed by atoms with van der Waals surface area (Å²) in [6.07, 6.45) is 2.34. The van der Waals surface area contributed by atoms with E-state index < -0.39 is 17.9 Å². The predicted molar refractivity (Wildman–Crippen MR) is 84.4 cm³/mol. The van der Waals surface area contributed by atoms with Gasteiger partial charge in [-0.2, -0.15) is 0 Å². The number of carboxylic acids is 1. The second-order valence-corrected chi connectivity index (χ2v) is 5.61. The average molecular weight is 321 g/mol. The minimum absolute atomic E-state index is 0.200. The van der Waals surface area contributed by atoms with E-state index in [-0.39, 0.29) is 12.5 Å². The highest BCUT2D eigenvalue weighted by molar-refractivity contribution is 5.84. The SMILES string of the molecule is CCc1ccccc1OCC(=O)NC(C(=O)O)C1CCCOC1. The molecule has 1 aromatic rings. The van der Waals surface area contributed by atoms with E-state index in [4.69, 9.17) is 9.47 Å². The van der Waals surface area contributed by atoms with E-state index in [1.165, 1.54) is 0 Å². The predicted octanol–water partition coefficient (Wildman–Crippen LogP) is 1.62. The molecule has 1 aliphatic rings. The maximum absolute atomic E-state index is 12.0. The molecule has 1 heterocycles. The number of nitrogens with one attached hydrogen (secondary N) is 1. The first-order chi connectivity index (χ1) is 11.1. The molecule has 0 radical (unpaired) electrons. The highest BCUT2D eigenvalue weighted by Gasteiger charge is 2.31. The second-order valence-electron chi connectivity index (χ2n) is 5.61. The van der Waals surface area contributed by atoms with Crippen LogP contribution < -0.4 is 10.1 Å². The summed E-state index contributed by atoms with van der Waals surface area (Å²) in [5.41, 5.74) is 1.01. The van der Waals surface area contributed by atoms with Crippen molar-refractivity contribution in [2.75, 3.05) is 19.8 Å². The van der Waals surface area contributed by atoms with E-state index in [1.54, 1.807) is 6.07 Å². The third-order valence-electron chi connectivity index (χ3n) is 3.96. The van der Waals surface area contributed by atoms with Crippen LogP contribution in [0.25, 0.3) is 0 Å². The molecular formula is C17H23NO5. The van der Waals surface area contributed by atoms with Crippen LogP contribution in [0.4, 0.5) is 0 Å². The van der Waals surface area contributed by atoms with Crippen LogP contribution in [-0.2, 0) is 20.7 Å². The van der Waals surface area contributed by atoms with E-state index in [9.17, 15) is 14.7 Å². The van der Waals surface area contributed by atoms with Crippen molar-refractivity contribution < 1.29 is 24.2 Å². The van der Waals surface area contributed by atoms with E-state index in [2.05, 4.69) is 5.32 Å². The molecule has 1 fully saturated rings. The maximum atomic E-state index is 12.0. The third-order valence-corrected chi connectivity index (χ3v) is 3.96. The van der Waals surface area contributed by atoms with Gasteiger partial charge in [0.05, 0.1) is 6.61 Å². The molecule has 6 heteroatoms. The van der Waals surface area contributed by atoms with Crippen LogP contribution in [0.15, 0.2) is 24.3 Å². The van der Waals surface area contributed by atoms with Gasteiger partial charge >= 0.3 is 5.97 Å². The standard InChI is InChI=1S/C17H23NO5/c1-2-12-6-3-4-8-14(12)23-11-15(19)18-16(17(20)21)13-7-5-9-22-10-13/h3-4,6,8,13,16H,2,5,7,9-11H2,1H3,(H,18,19)(H,20,21). The first kappa shape index (κ1) is 17.3. The highest BCUT2D eigenvalue weighted by atomic mass is 16.5. The fourth-order valence-electron chi connectivity index (χ4n) is 2.70. The molecule has 2 N–H and O–H groups in total. The zero-order valence-corrected chi connectivity index (χ0v) is 13.3. The van der Waals surface area contributed by atoms with E-state index in [1.807, 2.05) is 25.1 Å². The van der Waals surface area contributed by atoms with Crippen molar-refractivity contribution in [2.24, 2.45) is 5.92 Å². The van der Waals surface area contributed by atoms with Gasteiger partial charge in [-0.15, -0.1) is 0 Å². The Morgan fingerprint density at radius 1 is 1.43 bits per heavy atom. The summed E-state index contributed by atoms with van der Waals surface area (Å²) in [7, 11) is 0. The summed E-state index contributed by atoms with van der Waals surface area (Å²) < 4.78 is 10.8. The highest BCUT2D eigenvalue weighted by Crippen LogP contribution is 2.19. The van der Waals surface area contributed by atoms with Crippen molar-refractivity contribution in [1.82, 2.24) is 5.32 Å². The average Bonchev–Trinajstić information content (AvgIpc) is 2.58. The number of aliphatic carboxylic acids is 1. The molecule has 1 amide bonds. The summed E-state index contributed by atoms with van der Waals surface area (Å²) in [5.74, 6) is -1.03. The second kappa shape index (κ2) is 8.53. The quantitative estimate of drug-likeness (QED) is 0.797. The van der Waals surface area contributed by atoms with Gasteiger partial charge in [-0.1, -0.05) is 25.1 Å². The fraction of sp³-hybridized carbons (Fsp3) is 0.529. The Balaban J connectivity index is 1.90. The van der Waals surface area contributed by atoms with Crippen LogP contribution in [0.3, 0.4) is 0 Å². The lowest BCUT2D eigenvalue weighted by atomic mass is 9.93. The van der Waals surface area contributed by atoms with Crippen molar-refractivity contribution in [2.45, 2.75) is 32.2 Å². The molecule has 1 saturated heterocycles. The number of amides is 1. The van der Waals surface area contributed by atoms with Gasteiger partial charge in [-0.05, 0) is 30.9 Å². The summed E-state index contributed by atoms with van der Waals surface area (Å²) in [5, 5.41) is 11.9. The fourth-order valence-corrected chi connectivity index (χ4v) is 2.70. The Hall–Kier alpha value is -2.08. The Kier molecular flexibility index (Phi) is 6.40. The summed E-state index contributed by atoms with van der Waals surface area (Å²) in [6.45, 7) is 2.81. The molecule has 126 valence electrons. The number of aryl methyl sites for hydroxylation is 1. The molecule has 2 atom stereocenters. The van der Waals surface area contributed by atoms with Gasteiger partial charge in [0, 0.05) is 12.5 Å². The minimum atomic E-state index is -1.04. The lowest BCUT2D eigenvalue weighted by Gasteiger charge is -2.28. The Labute approximate surface area is 135 Å². The third kappa shape index (κ3) is 4.96. The van der Waals surface area contributed by atoms with Crippen molar-refractivity contribution in [3.63, 3.8) is 0 Å². The number of hydrogen-bond donors (Lipinski definition) is 2. The van der Waals surface area contributed by atoms with Crippen molar-refractivity contribution in [3.05, 3.63) is 29.8 Å². The minimum Gasteiger partial charge on any atom is -0.483 e. The number of carbonyl (C=O) groups excluding carboxylic acids is 1. The number of carbonyl (C=O) groups is 2. The molecule has 23 heavy (non-hydrogen) atoms. The number of hydrogen-bond acceptors (Lipinski definition) is 4. The largest absolute Gasteiger partial charge is 0.483 e. The molecule has 0 aliphatic carbocycles. The topological polar surface area (TPSA) is 84.9 Å². The number of para-hydroxylation sites is 1. The maximum Gasteiger partial charge on any atom is 0.326 e. The molecule has 1 aromatic carbocycles. The Morgan fingerprint density at radius 2 is 2.22 bits per heavy atom. The molecule has 0 bridgehead atoms. The van der Waals surface area contributed by atoms with Crippen LogP contribution in [0, 0.1) is 5.92 Å². The zero-order valence-electron chi connectivity index (χ0n) is 13.3. The smallest absolute Gasteiger partial charge is 0.326 e. The number of carboxylic acid groups (broad SMARTS) is 1. The lowest BCUT2D eigenvalue weighted by molar-refractivity contribution is -0.145. The van der Waals surface area contributed by atoms with Gasteiger partial charge in [0.2, 0.25) is 0 Å². The monoisotopic (exact) mass is 321 g/mol.